The summed E-state index contributed by atoms with van der Waals surface area (Å²) in [6, 6.07) is 0. The van der Waals surface area contributed by atoms with Crippen LogP contribution in [0.25, 0.3) is 0 Å². The normalized spacial score (nSPS) is 13.9. The van der Waals surface area contributed by atoms with Gasteiger partial charge in [0.15, 0.2) is 0 Å². The SMILES string of the molecule is C/C(=C\CC(=O)O)CCCC(C)CCCC(C)C. The smallest absolute Gasteiger partial charge is 0.307 e. The van der Waals surface area contributed by atoms with Crippen molar-refractivity contribution in [2.24, 2.45) is 11.8 Å². The average Bonchev–Trinajstić information content (AvgIpc) is 2.25. The molecule has 0 fully saturated rings. The van der Waals surface area contributed by atoms with Gasteiger partial charge in [0.05, 0.1) is 6.42 Å². The molecule has 0 amide bonds. The van der Waals surface area contributed by atoms with Crippen molar-refractivity contribution in [3.8, 4) is 0 Å². The zero-order valence-corrected chi connectivity index (χ0v) is 12.5. The second kappa shape index (κ2) is 10.2. The van der Waals surface area contributed by atoms with E-state index in [2.05, 4.69) is 20.8 Å². The van der Waals surface area contributed by atoms with Gasteiger partial charge in [0.1, 0.15) is 0 Å². The number of carbonyl (C=O) groups is 1. The van der Waals surface area contributed by atoms with Crippen molar-refractivity contribution in [1.82, 2.24) is 0 Å². The Morgan fingerprint density at radius 3 is 2.28 bits per heavy atom. The van der Waals surface area contributed by atoms with Gasteiger partial charge < -0.3 is 5.11 Å². The van der Waals surface area contributed by atoms with E-state index >= 15 is 0 Å². The highest BCUT2D eigenvalue weighted by Gasteiger charge is 2.03. The first-order valence-corrected chi connectivity index (χ1v) is 7.29. The molecule has 2 heteroatoms. The largest absolute Gasteiger partial charge is 0.481 e. The highest BCUT2D eigenvalue weighted by atomic mass is 16.4. The van der Waals surface area contributed by atoms with Gasteiger partial charge in [-0.15, -0.1) is 0 Å². The summed E-state index contributed by atoms with van der Waals surface area (Å²) in [4.78, 5) is 10.4. The molecule has 0 bridgehead atoms. The predicted molar refractivity (Wildman–Crippen MR) is 77.7 cm³/mol. The number of aliphatic carboxylic acids is 1. The van der Waals surface area contributed by atoms with E-state index in [4.69, 9.17) is 5.11 Å². The number of carboxylic acid groups (broad SMARTS) is 1. The van der Waals surface area contributed by atoms with Gasteiger partial charge >= 0.3 is 5.97 Å². The highest BCUT2D eigenvalue weighted by Crippen LogP contribution is 2.19. The zero-order chi connectivity index (χ0) is 14.0. The molecule has 0 saturated carbocycles. The molecule has 0 rings (SSSR count). The lowest BCUT2D eigenvalue weighted by molar-refractivity contribution is -0.136. The Morgan fingerprint density at radius 1 is 1.11 bits per heavy atom. The zero-order valence-electron chi connectivity index (χ0n) is 12.5. The van der Waals surface area contributed by atoms with Gasteiger partial charge in [0, 0.05) is 0 Å². The maximum atomic E-state index is 10.4. The van der Waals surface area contributed by atoms with Crippen molar-refractivity contribution in [3.63, 3.8) is 0 Å². The number of hydrogen-bond acceptors (Lipinski definition) is 1. The standard InChI is InChI=1S/C16H30O2/c1-13(2)7-5-8-14(3)9-6-10-15(4)11-12-16(17)18/h11,13-14H,5-10,12H2,1-4H3,(H,17,18)/b15-11+. The summed E-state index contributed by atoms with van der Waals surface area (Å²) in [7, 11) is 0. The van der Waals surface area contributed by atoms with E-state index in [1.54, 1.807) is 0 Å². The van der Waals surface area contributed by atoms with Crippen molar-refractivity contribution in [3.05, 3.63) is 11.6 Å². The molecule has 0 spiro atoms. The van der Waals surface area contributed by atoms with E-state index in [-0.39, 0.29) is 6.42 Å². The number of rotatable bonds is 10. The summed E-state index contributed by atoms with van der Waals surface area (Å²) in [6.07, 6.45) is 9.50. The molecule has 0 aliphatic rings. The lowest BCUT2D eigenvalue weighted by Gasteiger charge is -2.12. The summed E-state index contributed by atoms with van der Waals surface area (Å²) in [5.74, 6) is 0.880. The Labute approximate surface area is 112 Å². The van der Waals surface area contributed by atoms with Gasteiger partial charge in [0.25, 0.3) is 0 Å². The van der Waals surface area contributed by atoms with Crippen LogP contribution in [0.1, 0.15) is 72.6 Å². The molecule has 1 unspecified atom stereocenters. The number of allylic oxidation sites excluding steroid dienone is 1. The van der Waals surface area contributed by atoms with E-state index in [9.17, 15) is 4.79 Å². The Morgan fingerprint density at radius 2 is 1.72 bits per heavy atom. The maximum absolute atomic E-state index is 10.4. The first-order valence-electron chi connectivity index (χ1n) is 7.29. The monoisotopic (exact) mass is 254 g/mol. The maximum Gasteiger partial charge on any atom is 0.307 e. The van der Waals surface area contributed by atoms with E-state index in [0.717, 1.165) is 18.3 Å². The van der Waals surface area contributed by atoms with Crippen LogP contribution in [0.5, 0.6) is 0 Å². The van der Waals surface area contributed by atoms with E-state index in [0.29, 0.717) is 0 Å². The molecule has 1 atom stereocenters. The van der Waals surface area contributed by atoms with Crippen molar-refractivity contribution in [2.75, 3.05) is 0 Å². The summed E-state index contributed by atoms with van der Waals surface area (Å²) >= 11 is 0. The van der Waals surface area contributed by atoms with Crippen molar-refractivity contribution < 1.29 is 9.90 Å². The topological polar surface area (TPSA) is 37.3 Å². The molecule has 0 saturated heterocycles. The number of hydrogen-bond donors (Lipinski definition) is 1. The molecular formula is C16H30O2. The van der Waals surface area contributed by atoms with Crippen LogP contribution in [-0.4, -0.2) is 11.1 Å². The molecule has 0 heterocycles. The summed E-state index contributed by atoms with van der Waals surface area (Å²) in [6.45, 7) is 8.92. The van der Waals surface area contributed by atoms with Gasteiger partial charge in [-0.2, -0.15) is 0 Å². The molecule has 2 nitrogen and oxygen atoms in total. The molecule has 0 aliphatic carbocycles. The molecule has 18 heavy (non-hydrogen) atoms. The molecule has 1 N–H and O–H groups in total. The van der Waals surface area contributed by atoms with Crippen LogP contribution in [0, 0.1) is 11.8 Å². The summed E-state index contributed by atoms with van der Waals surface area (Å²) in [5, 5.41) is 8.57. The van der Waals surface area contributed by atoms with Gasteiger partial charge in [-0.3, -0.25) is 4.79 Å². The van der Waals surface area contributed by atoms with Gasteiger partial charge in [-0.25, -0.2) is 0 Å². The molecule has 0 aromatic heterocycles. The molecular weight excluding hydrogens is 224 g/mol. The third-order valence-electron chi connectivity index (χ3n) is 3.37. The van der Waals surface area contributed by atoms with Crippen LogP contribution in [0.15, 0.2) is 11.6 Å². The predicted octanol–water partition coefficient (Wildman–Crippen LogP) is 5.04. The van der Waals surface area contributed by atoms with Crippen LogP contribution in [0.4, 0.5) is 0 Å². The highest BCUT2D eigenvalue weighted by molar-refractivity contribution is 5.68. The Hall–Kier alpha value is -0.790. The van der Waals surface area contributed by atoms with Crippen LogP contribution in [0.3, 0.4) is 0 Å². The van der Waals surface area contributed by atoms with E-state index < -0.39 is 5.97 Å². The van der Waals surface area contributed by atoms with Crippen LogP contribution in [0.2, 0.25) is 0 Å². The fourth-order valence-electron chi connectivity index (χ4n) is 2.11. The van der Waals surface area contributed by atoms with Crippen LogP contribution in [-0.2, 0) is 4.79 Å². The Kier molecular flexibility index (Phi) is 9.72. The average molecular weight is 254 g/mol. The third kappa shape index (κ3) is 11.7. The molecule has 0 radical (unpaired) electrons. The van der Waals surface area contributed by atoms with E-state index in [1.807, 2.05) is 13.0 Å². The van der Waals surface area contributed by atoms with E-state index in [1.165, 1.54) is 37.7 Å². The van der Waals surface area contributed by atoms with Crippen molar-refractivity contribution in [1.29, 1.82) is 0 Å². The van der Waals surface area contributed by atoms with Crippen LogP contribution < -0.4 is 0 Å². The van der Waals surface area contributed by atoms with Gasteiger partial charge in [-0.05, 0) is 31.6 Å². The van der Waals surface area contributed by atoms with Gasteiger partial charge in [0.2, 0.25) is 0 Å². The summed E-state index contributed by atoms with van der Waals surface area (Å²) < 4.78 is 0. The van der Waals surface area contributed by atoms with Crippen LogP contribution >= 0.6 is 0 Å². The minimum Gasteiger partial charge on any atom is -0.481 e. The van der Waals surface area contributed by atoms with Crippen molar-refractivity contribution in [2.45, 2.75) is 72.6 Å². The Bertz CT molecular complexity index is 254. The van der Waals surface area contributed by atoms with Gasteiger partial charge in [-0.1, -0.05) is 58.1 Å². The minimum absolute atomic E-state index is 0.162. The first-order chi connectivity index (χ1) is 8.41. The Balaban J connectivity index is 3.58. The minimum atomic E-state index is -0.739. The molecule has 0 aliphatic heterocycles. The lowest BCUT2D eigenvalue weighted by Crippen LogP contribution is -1.97. The van der Waals surface area contributed by atoms with Crippen molar-refractivity contribution >= 4 is 5.97 Å². The quantitative estimate of drug-likeness (QED) is 0.554. The molecule has 106 valence electrons. The second-order valence-corrected chi connectivity index (χ2v) is 5.97. The second-order valence-electron chi connectivity index (χ2n) is 5.97. The third-order valence-corrected chi connectivity index (χ3v) is 3.37. The fourth-order valence-corrected chi connectivity index (χ4v) is 2.11. The number of carboxylic acids is 1. The molecule has 0 aromatic rings. The molecule has 0 aromatic carbocycles. The lowest BCUT2D eigenvalue weighted by atomic mass is 9.94. The first kappa shape index (κ1) is 17.2. The summed E-state index contributed by atoms with van der Waals surface area (Å²) in [5.41, 5.74) is 1.21. The fraction of sp³-hybridized carbons (Fsp3) is 0.812.